The molecule has 1 aliphatic rings. The third kappa shape index (κ3) is 3.75. The van der Waals surface area contributed by atoms with Crippen molar-refractivity contribution in [1.29, 1.82) is 0 Å². The SMILES string of the molecule is CCN(Cc1cccs1)C(=O)/C=C/C1=CCSC1. The average molecular weight is 279 g/mol. The number of carbonyl (C=O) groups excluding carboxylic acids is 1. The summed E-state index contributed by atoms with van der Waals surface area (Å²) in [5.74, 6) is 2.20. The zero-order valence-corrected chi connectivity index (χ0v) is 12.1. The number of thiophene rings is 1. The minimum absolute atomic E-state index is 0.101. The van der Waals surface area contributed by atoms with E-state index >= 15 is 0 Å². The van der Waals surface area contributed by atoms with Crippen LogP contribution in [0.1, 0.15) is 11.8 Å². The highest BCUT2D eigenvalue weighted by Gasteiger charge is 2.10. The van der Waals surface area contributed by atoms with Crippen LogP contribution in [-0.2, 0) is 11.3 Å². The van der Waals surface area contributed by atoms with Gasteiger partial charge in [0.05, 0.1) is 6.54 Å². The second-order valence-electron chi connectivity index (χ2n) is 4.06. The molecule has 1 aromatic rings. The topological polar surface area (TPSA) is 20.3 Å². The number of carbonyl (C=O) groups is 1. The summed E-state index contributed by atoms with van der Waals surface area (Å²) in [6.45, 7) is 3.48. The Morgan fingerprint density at radius 2 is 2.44 bits per heavy atom. The van der Waals surface area contributed by atoms with Crippen molar-refractivity contribution in [2.75, 3.05) is 18.1 Å². The van der Waals surface area contributed by atoms with E-state index in [0.29, 0.717) is 6.54 Å². The Hall–Kier alpha value is -1.00. The van der Waals surface area contributed by atoms with Crippen LogP contribution < -0.4 is 0 Å². The second-order valence-corrected chi connectivity index (χ2v) is 6.12. The van der Waals surface area contributed by atoms with Gasteiger partial charge in [0.1, 0.15) is 0 Å². The Bertz CT molecular complexity index is 448. The van der Waals surface area contributed by atoms with E-state index in [1.54, 1.807) is 17.4 Å². The first-order chi connectivity index (χ1) is 8.79. The van der Waals surface area contributed by atoms with Crippen molar-refractivity contribution in [3.05, 3.63) is 46.2 Å². The highest BCUT2D eigenvalue weighted by molar-refractivity contribution is 7.99. The normalized spacial score (nSPS) is 15.1. The van der Waals surface area contributed by atoms with Crippen molar-refractivity contribution in [3.8, 4) is 0 Å². The van der Waals surface area contributed by atoms with Gasteiger partial charge in [-0.1, -0.05) is 18.2 Å². The Kier molecular flexibility index (Phi) is 5.08. The van der Waals surface area contributed by atoms with Crippen LogP contribution >= 0.6 is 23.1 Å². The van der Waals surface area contributed by atoms with Crippen LogP contribution in [0.25, 0.3) is 0 Å². The number of hydrogen-bond donors (Lipinski definition) is 0. The number of thioether (sulfide) groups is 1. The van der Waals surface area contributed by atoms with Crippen LogP contribution in [0.15, 0.2) is 41.3 Å². The molecule has 2 nitrogen and oxygen atoms in total. The maximum Gasteiger partial charge on any atom is 0.246 e. The van der Waals surface area contributed by atoms with Gasteiger partial charge in [-0.25, -0.2) is 0 Å². The summed E-state index contributed by atoms with van der Waals surface area (Å²) in [6, 6.07) is 4.09. The second kappa shape index (κ2) is 6.81. The maximum absolute atomic E-state index is 12.1. The molecule has 0 unspecified atom stereocenters. The van der Waals surface area contributed by atoms with Gasteiger partial charge in [0.25, 0.3) is 0 Å². The van der Waals surface area contributed by atoms with Gasteiger partial charge in [-0.15, -0.1) is 11.3 Å². The summed E-state index contributed by atoms with van der Waals surface area (Å²) in [4.78, 5) is 15.2. The molecule has 2 rings (SSSR count). The van der Waals surface area contributed by atoms with Crippen LogP contribution in [-0.4, -0.2) is 28.9 Å². The molecule has 0 aromatic carbocycles. The molecule has 0 bridgehead atoms. The summed E-state index contributed by atoms with van der Waals surface area (Å²) in [5.41, 5.74) is 1.26. The van der Waals surface area contributed by atoms with Crippen molar-refractivity contribution in [2.24, 2.45) is 0 Å². The molecule has 1 amide bonds. The lowest BCUT2D eigenvalue weighted by molar-refractivity contribution is -0.126. The van der Waals surface area contributed by atoms with Crippen molar-refractivity contribution in [3.63, 3.8) is 0 Å². The van der Waals surface area contributed by atoms with Crippen molar-refractivity contribution in [2.45, 2.75) is 13.5 Å². The van der Waals surface area contributed by atoms with Gasteiger partial charge in [0.15, 0.2) is 0 Å². The molecule has 96 valence electrons. The predicted molar refractivity (Wildman–Crippen MR) is 80.0 cm³/mol. The van der Waals surface area contributed by atoms with Gasteiger partial charge in [-0.05, 0) is 23.9 Å². The van der Waals surface area contributed by atoms with E-state index in [2.05, 4.69) is 12.1 Å². The molecule has 0 radical (unpaired) electrons. The summed E-state index contributed by atoms with van der Waals surface area (Å²) in [5, 5.41) is 2.05. The Balaban J connectivity index is 1.92. The van der Waals surface area contributed by atoms with E-state index in [1.807, 2.05) is 41.1 Å². The zero-order chi connectivity index (χ0) is 12.8. The van der Waals surface area contributed by atoms with Crippen LogP contribution in [0.5, 0.6) is 0 Å². The number of likely N-dealkylation sites (N-methyl/N-ethyl adjacent to an activating group) is 1. The lowest BCUT2D eigenvalue weighted by atomic mass is 10.2. The van der Waals surface area contributed by atoms with Crippen LogP contribution in [0.2, 0.25) is 0 Å². The van der Waals surface area contributed by atoms with E-state index in [4.69, 9.17) is 0 Å². The Morgan fingerprint density at radius 1 is 1.56 bits per heavy atom. The molecule has 0 fully saturated rings. The highest BCUT2D eigenvalue weighted by Crippen LogP contribution is 2.18. The van der Waals surface area contributed by atoms with Gasteiger partial charge < -0.3 is 4.90 Å². The number of nitrogens with zero attached hydrogens (tertiary/aromatic N) is 1. The molecule has 18 heavy (non-hydrogen) atoms. The largest absolute Gasteiger partial charge is 0.334 e. The monoisotopic (exact) mass is 279 g/mol. The Labute approximate surface area is 116 Å². The zero-order valence-electron chi connectivity index (χ0n) is 10.5. The van der Waals surface area contributed by atoms with E-state index < -0.39 is 0 Å². The summed E-state index contributed by atoms with van der Waals surface area (Å²) < 4.78 is 0. The van der Waals surface area contributed by atoms with E-state index in [0.717, 1.165) is 18.1 Å². The molecule has 0 N–H and O–H groups in total. The first-order valence-corrected chi connectivity index (χ1v) is 8.09. The molecule has 0 aliphatic carbocycles. The fourth-order valence-electron chi connectivity index (χ4n) is 1.74. The number of amides is 1. The van der Waals surface area contributed by atoms with Crippen molar-refractivity contribution < 1.29 is 4.79 Å². The van der Waals surface area contributed by atoms with Crippen molar-refractivity contribution in [1.82, 2.24) is 4.90 Å². The predicted octanol–water partition coefficient (Wildman–Crippen LogP) is 3.33. The summed E-state index contributed by atoms with van der Waals surface area (Å²) >= 11 is 3.58. The fourth-order valence-corrected chi connectivity index (χ4v) is 3.36. The molecule has 4 heteroatoms. The standard InChI is InChI=1S/C14H17NOS2/c1-2-15(10-13-4-3-8-18-13)14(16)6-5-12-7-9-17-11-12/h3-8H,2,9-11H2,1H3/b6-5+. The lowest BCUT2D eigenvalue weighted by Crippen LogP contribution is -2.28. The smallest absolute Gasteiger partial charge is 0.246 e. The summed E-state index contributed by atoms with van der Waals surface area (Å²) in [6.07, 6.45) is 5.85. The van der Waals surface area contributed by atoms with E-state index in [9.17, 15) is 4.79 Å². The van der Waals surface area contributed by atoms with Gasteiger partial charge in [-0.3, -0.25) is 4.79 Å². The molecular formula is C14H17NOS2. The van der Waals surface area contributed by atoms with Crippen LogP contribution in [0, 0.1) is 0 Å². The van der Waals surface area contributed by atoms with Gasteiger partial charge in [0, 0.05) is 29.0 Å². The summed E-state index contributed by atoms with van der Waals surface area (Å²) in [7, 11) is 0. The molecule has 0 saturated heterocycles. The van der Waals surface area contributed by atoms with E-state index in [1.165, 1.54) is 10.5 Å². The molecular weight excluding hydrogens is 262 g/mol. The average Bonchev–Trinajstić information content (AvgIpc) is 3.06. The third-order valence-corrected chi connectivity index (χ3v) is 4.59. The van der Waals surface area contributed by atoms with E-state index in [-0.39, 0.29) is 5.91 Å². The van der Waals surface area contributed by atoms with Crippen LogP contribution in [0.4, 0.5) is 0 Å². The quantitative estimate of drug-likeness (QED) is 0.771. The highest BCUT2D eigenvalue weighted by atomic mass is 32.2. The van der Waals surface area contributed by atoms with Gasteiger partial charge in [-0.2, -0.15) is 11.8 Å². The first kappa shape index (κ1) is 13.4. The third-order valence-electron chi connectivity index (χ3n) is 2.79. The number of rotatable bonds is 5. The van der Waals surface area contributed by atoms with Gasteiger partial charge in [0.2, 0.25) is 5.91 Å². The maximum atomic E-state index is 12.1. The van der Waals surface area contributed by atoms with Crippen LogP contribution in [0.3, 0.4) is 0 Å². The molecule has 1 aliphatic heterocycles. The minimum atomic E-state index is 0.101. The number of hydrogen-bond acceptors (Lipinski definition) is 3. The molecule has 0 atom stereocenters. The minimum Gasteiger partial charge on any atom is -0.334 e. The lowest BCUT2D eigenvalue weighted by Gasteiger charge is -2.18. The molecule has 0 saturated carbocycles. The Morgan fingerprint density at radius 3 is 3.06 bits per heavy atom. The van der Waals surface area contributed by atoms with Gasteiger partial charge >= 0.3 is 0 Å². The molecule has 2 heterocycles. The fraction of sp³-hybridized carbons (Fsp3) is 0.357. The number of allylic oxidation sites excluding steroid dienone is 1. The van der Waals surface area contributed by atoms with Crippen molar-refractivity contribution >= 4 is 29.0 Å². The molecule has 1 aromatic heterocycles. The molecule has 0 spiro atoms. The first-order valence-electron chi connectivity index (χ1n) is 6.05.